The third kappa shape index (κ3) is 4.84. The molecule has 7 heteroatoms. The Morgan fingerprint density at radius 3 is 2.44 bits per heavy atom. The van der Waals surface area contributed by atoms with Gasteiger partial charge in [-0.05, 0) is 47.9 Å². The monoisotopic (exact) mass is 476 g/mol. The second-order valence-corrected chi connectivity index (χ2v) is 10.2. The van der Waals surface area contributed by atoms with Crippen LogP contribution in [-0.4, -0.2) is 38.7 Å². The Bertz CT molecular complexity index is 1390. The number of methoxy groups -OCH3 is 1. The average Bonchev–Trinajstić information content (AvgIpc) is 3.28. The van der Waals surface area contributed by atoms with E-state index in [1.165, 1.54) is 6.07 Å². The van der Waals surface area contributed by atoms with E-state index in [0.29, 0.717) is 13.0 Å². The number of carbonyl (C=O) groups excluding carboxylic acids is 1. The molecule has 34 heavy (non-hydrogen) atoms. The fraction of sp³-hybridized carbons (Fsp3) is 0.222. The van der Waals surface area contributed by atoms with Crippen molar-refractivity contribution in [3.05, 3.63) is 95.7 Å². The summed E-state index contributed by atoms with van der Waals surface area (Å²) in [5.41, 5.74) is 3.24. The smallest absolute Gasteiger partial charge is 0.252 e. The largest absolute Gasteiger partial charge is 0.497 e. The summed E-state index contributed by atoms with van der Waals surface area (Å²) in [6.07, 6.45) is 2.45. The van der Waals surface area contributed by atoms with Gasteiger partial charge in [0.1, 0.15) is 5.75 Å². The van der Waals surface area contributed by atoms with Gasteiger partial charge in [0.15, 0.2) is 9.84 Å². The van der Waals surface area contributed by atoms with Crippen LogP contribution >= 0.6 is 0 Å². The highest BCUT2D eigenvalue weighted by Crippen LogP contribution is 2.31. The number of aromatic nitrogens is 1. The number of amides is 1. The summed E-state index contributed by atoms with van der Waals surface area (Å²) < 4.78 is 30.7. The zero-order chi connectivity index (χ0) is 24.1. The number of benzene rings is 3. The van der Waals surface area contributed by atoms with Crippen molar-refractivity contribution >= 4 is 26.6 Å². The molecule has 0 bridgehead atoms. The zero-order valence-electron chi connectivity index (χ0n) is 19.2. The first-order valence-corrected chi connectivity index (χ1v) is 12.9. The zero-order valence-corrected chi connectivity index (χ0v) is 20.1. The van der Waals surface area contributed by atoms with Gasteiger partial charge in [0.05, 0.1) is 23.3 Å². The molecular weight excluding hydrogens is 448 g/mol. The minimum absolute atomic E-state index is 0.00110. The lowest BCUT2D eigenvalue weighted by Gasteiger charge is -2.19. The van der Waals surface area contributed by atoms with E-state index in [2.05, 4.69) is 10.3 Å². The number of ether oxygens (including phenoxy) is 1. The number of rotatable bonds is 9. The summed E-state index contributed by atoms with van der Waals surface area (Å²) in [4.78, 5) is 16.6. The van der Waals surface area contributed by atoms with E-state index in [9.17, 15) is 13.2 Å². The topological polar surface area (TPSA) is 88.3 Å². The van der Waals surface area contributed by atoms with Crippen molar-refractivity contribution in [3.63, 3.8) is 0 Å². The molecule has 176 valence electrons. The summed E-state index contributed by atoms with van der Waals surface area (Å²) in [7, 11) is -1.91. The molecule has 1 unspecified atom stereocenters. The van der Waals surface area contributed by atoms with Crippen LogP contribution in [-0.2, 0) is 9.84 Å². The maximum Gasteiger partial charge on any atom is 0.252 e. The summed E-state index contributed by atoms with van der Waals surface area (Å²) in [5.74, 6) is 0.195. The van der Waals surface area contributed by atoms with Crippen LogP contribution in [0.25, 0.3) is 10.9 Å². The molecule has 1 atom stereocenters. The van der Waals surface area contributed by atoms with E-state index >= 15 is 0 Å². The van der Waals surface area contributed by atoms with Crippen molar-refractivity contribution in [2.24, 2.45) is 0 Å². The Hall–Kier alpha value is -3.58. The predicted molar refractivity (Wildman–Crippen MR) is 134 cm³/mol. The minimum atomic E-state index is -3.54. The molecule has 1 aromatic heterocycles. The maximum atomic E-state index is 13.2. The van der Waals surface area contributed by atoms with E-state index < -0.39 is 15.7 Å². The van der Waals surface area contributed by atoms with Gasteiger partial charge in [-0.15, -0.1) is 0 Å². The lowest BCUT2D eigenvalue weighted by molar-refractivity contribution is 0.0949. The molecule has 0 aliphatic rings. The lowest BCUT2D eigenvalue weighted by Crippen LogP contribution is -2.30. The molecule has 0 fully saturated rings. The number of H-pyrrole nitrogens is 1. The SMILES string of the molecule is CCCS(=O)(=O)c1ccccc1C(=O)NCC(c1ccc(OC)cc1)c1c[nH]c2ccccc12. The Balaban J connectivity index is 1.66. The van der Waals surface area contributed by atoms with E-state index in [-0.39, 0.29) is 22.1 Å². The molecule has 1 heterocycles. The minimum Gasteiger partial charge on any atom is -0.497 e. The van der Waals surface area contributed by atoms with E-state index in [1.54, 1.807) is 32.2 Å². The van der Waals surface area contributed by atoms with Crippen molar-refractivity contribution in [1.82, 2.24) is 10.3 Å². The van der Waals surface area contributed by atoms with Crippen LogP contribution in [0.4, 0.5) is 0 Å². The summed E-state index contributed by atoms with van der Waals surface area (Å²) in [6.45, 7) is 2.11. The number of hydrogen-bond donors (Lipinski definition) is 2. The molecule has 0 spiro atoms. The molecule has 6 nitrogen and oxygen atoms in total. The Labute approximate surface area is 199 Å². The van der Waals surface area contributed by atoms with Gasteiger partial charge < -0.3 is 15.0 Å². The third-order valence-electron chi connectivity index (χ3n) is 5.92. The van der Waals surface area contributed by atoms with Crippen LogP contribution in [0.5, 0.6) is 5.75 Å². The number of fused-ring (bicyclic) bond motifs is 1. The first-order chi connectivity index (χ1) is 16.4. The quantitative estimate of drug-likeness (QED) is 0.359. The van der Waals surface area contributed by atoms with Gasteiger partial charge in [0.2, 0.25) is 0 Å². The normalized spacial score (nSPS) is 12.4. The molecule has 0 aliphatic carbocycles. The second kappa shape index (κ2) is 10.1. The number of hydrogen-bond acceptors (Lipinski definition) is 4. The molecule has 1 amide bonds. The van der Waals surface area contributed by atoms with E-state index in [0.717, 1.165) is 27.8 Å². The third-order valence-corrected chi connectivity index (χ3v) is 7.89. The van der Waals surface area contributed by atoms with Gasteiger partial charge in [-0.25, -0.2) is 8.42 Å². The molecule has 0 aliphatic heterocycles. The standard InChI is InChI=1S/C27H28N2O4S/c1-3-16-34(31,32)26-11-7-5-9-22(26)27(30)29-17-23(19-12-14-20(33-2)15-13-19)24-18-28-25-10-6-4-8-21(24)25/h4-15,18,23,28H,3,16-17H2,1-2H3,(H,29,30). The first-order valence-electron chi connectivity index (χ1n) is 11.2. The average molecular weight is 477 g/mol. The van der Waals surface area contributed by atoms with Gasteiger partial charge in [0, 0.05) is 29.6 Å². The van der Waals surface area contributed by atoms with Crippen LogP contribution in [0.15, 0.2) is 83.9 Å². The fourth-order valence-electron chi connectivity index (χ4n) is 4.22. The van der Waals surface area contributed by atoms with Crippen molar-refractivity contribution < 1.29 is 17.9 Å². The van der Waals surface area contributed by atoms with Crippen LogP contribution in [0.1, 0.15) is 40.7 Å². The van der Waals surface area contributed by atoms with Gasteiger partial charge in [-0.2, -0.15) is 0 Å². The molecule has 2 N–H and O–H groups in total. The number of aromatic amines is 1. The van der Waals surface area contributed by atoms with E-state index in [1.807, 2.05) is 54.7 Å². The number of para-hydroxylation sites is 1. The van der Waals surface area contributed by atoms with Crippen LogP contribution in [0.2, 0.25) is 0 Å². The molecule has 0 saturated carbocycles. The fourth-order valence-corrected chi connectivity index (χ4v) is 5.76. The number of sulfone groups is 1. The summed E-state index contributed by atoms with van der Waals surface area (Å²) >= 11 is 0. The predicted octanol–water partition coefficient (Wildman–Crippen LogP) is 4.92. The molecule has 3 aromatic carbocycles. The van der Waals surface area contributed by atoms with Crippen LogP contribution in [0, 0.1) is 0 Å². The number of carbonyl (C=O) groups is 1. The van der Waals surface area contributed by atoms with Gasteiger partial charge in [0.25, 0.3) is 5.91 Å². The summed E-state index contributed by atoms with van der Waals surface area (Å²) in [6, 6.07) is 22.2. The highest BCUT2D eigenvalue weighted by molar-refractivity contribution is 7.91. The highest BCUT2D eigenvalue weighted by atomic mass is 32.2. The molecule has 0 saturated heterocycles. The lowest BCUT2D eigenvalue weighted by atomic mass is 9.90. The van der Waals surface area contributed by atoms with Crippen molar-refractivity contribution in [2.45, 2.75) is 24.2 Å². The van der Waals surface area contributed by atoms with E-state index in [4.69, 9.17) is 4.74 Å². The van der Waals surface area contributed by atoms with Crippen LogP contribution < -0.4 is 10.1 Å². The highest BCUT2D eigenvalue weighted by Gasteiger charge is 2.24. The van der Waals surface area contributed by atoms with Crippen molar-refractivity contribution in [3.8, 4) is 5.75 Å². The molecule has 0 radical (unpaired) electrons. The van der Waals surface area contributed by atoms with Gasteiger partial charge >= 0.3 is 0 Å². The second-order valence-electron chi connectivity index (χ2n) is 8.14. The Morgan fingerprint density at radius 2 is 1.71 bits per heavy atom. The number of nitrogens with one attached hydrogen (secondary N) is 2. The first kappa shape index (κ1) is 23.6. The molecular formula is C27H28N2O4S. The van der Waals surface area contributed by atoms with Gasteiger partial charge in [-0.3, -0.25) is 4.79 Å². The summed E-state index contributed by atoms with van der Waals surface area (Å²) in [5, 5.41) is 4.06. The van der Waals surface area contributed by atoms with Gasteiger partial charge in [-0.1, -0.05) is 49.4 Å². The Morgan fingerprint density at radius 1 is 1.00 bits per heavy atom. The van der Waals surface area contributed by atoms with Crippen LogP contribution in [0.3, 0.4) is 0 Å². The Kier molecular flexibility index (Phi) is 7.03. The molecule has 4 aromatic rings. The van der Waals surface area contributed by atoms with Crippen molar-refractivity contribution in [1.29, 1.82) is 0 Å². The molecule has 4 rings (SSSR count). The van der Waals surface area contributed by atoms with Crippen molar-refractivity contribution in [2.75, 3.05) is 19.4 Å². The maximum absolute atomic E-state index is 13.2.